The molecule has 0 atom stereocenters. The Balaban J connectivity index is 1.81. The van der Waals surface area contributed by atoms with Crippen LogP contribution in [0.2, 0.25) is 0 Å². The lowest BCUT2D eigenvalue weighted by Gasteiger charge is -2.19. The van der Waals surface area contributed by atoms with E-state index in [-0.39, 0.29) is 0 Å². The van der Waals surface area contributed by atoms with Gasteiger partial charge < -0.3 is 0 Å². The molecule has 0 spiro atoms. The van der Waals surface area contributed by atoms with Gasteiger partial charge in [-0.3, -0.25) is 0 Å². The van der Waals surface area contributed by atoms with Gasteiger partial charge in [0.05, 0.1) is 35.6 Å². The third-order valence-corrected chi connectivity index (χ3v) is 6.31. The molecule has 0 saturated carbocycles. The highest BCUT2D eigenvalue weighted by atomic mass is 14.2. The number of rotatable bonds is 3. The Morgan fingerprint density at radius 3 is 1.52 bits per heavy atom. The van der Waals surface area contributed by atoms with Crippen LogP contribution in [0.4, 0.5) is 0 Å². The topological polar surface area (TPSA) is 0 Å². The number of hydrogen-bond donors (Lipinski definition) is 0. The minimum Gasteiger partial charge on any atom is -0.0622 e. The molecule has 8 rings (SSSR count). The predicted octanol–water partition coefficient (Wildman–Crippen LogP) is 11.3. The highest BCUT2D eigenvalue weighted by Crippen LogP contribution is 2.45. The van der Waals surface area contributed by atoms with E-state index < -0.39 is 234 Å². The van der Waals surface area contributed by atoms with Gasteiger partial charge in [0.2, 0.25) is 0 Å². The average Bonchev–Trinajstić information content (AvgIpc) is 3.28. The molecule has 0 aliphatic rings. The molecule has 0 aliphatic carbocycles. The Hall–Kier alpha value is -5.20. The number of benzene rings is 8. The van der Waals surface area contributed by atoms with Gasteiger partial charge in [-0.2, -0.15) is 0 Å². The van der Waals surface area contributed by atoms with Crippen LogP contribution >= 0.6 is 0 Å². The Morgan fingerprint density at radius 2 is 0.775 bits per heavy atom. The van der Waals surface area contributed by atoms with E-state index in [1.165, 1.54) is 0 Å². The zero-order valence-electron chi connectivity index (χ0n) is 46.0. The van der Waals surface area contributed by atoms with Crippen LogP contribution in [0.1, 0.15) is 35.6 Å². The highest BCUT2D eigenvalue weighted by Gasteiger charge is 2.17. The standard InChI is InChI=1S/C40H26/c1-3-11-27(12-4-1)30-21-24-37-38(26-30)40(36-18-10-9-17-35(36)39(37)29-14-5-2-6-15-29)32-22-23-34-31(25-32)20-19-28-13-7-8-16-33(28)34/h1-26H/i1D,2D,3D,4D,5D,6D,7D,8D,9D,10D,11D,12D,13D,14D,15D,16D,17D,18D,19D,20D,21D,22D,23D,24D,25D,26D. The van der Waals surface area contributed by atoms with Crippen molar-refractivity contribution in [3.05, 3.63) is 157 Å². The molecule has 0 amide bonds. The van der Waals surface area contributed by atoms with Crippen molar-refractivity contribution in [1.82, 2.24) is 0 Å². The molecule has 0 bridgehead atoms. The third kappa shape index (κ3) is 3.61. The molecule has 0 saturated heterocycles. The van der Waals surface area contributed by atoms with Gasteiger partial charge in [-0.25, -0.2) is 0 Å². The first-order valence-corrected chi connectivity index (χ1v) is 11.8. The second-order valence-corrected chi connectivity index (χ2v) is 8.50. The molecule has 0 unspecified atom stereocenters. The SMILES string of the molecule is [2H]c1c([2H])c([2H])c(-c2c([2H])c([2H])c3c(-c4c([2H])c([2H])c([2H])c([2H])c4[2H])c4c([2H])c([2H])c([2H])c([2H])c4c(-c4c([2H])c([2H])c5c(c4[2H])c([2H])c([2H])c4c([2H])c([2H])c([2H])c([2H])c45)c3c2[2H])c([2H])c1[2H]. The van der Waals surface area contributed by atoms with Crippen LogP contribution in [-0.4, -0.2) is 0 Å². The van der Waals surface area contributed by atoms with Crippen LogP contribution < -0.4 is 0 Å². The van der Waals surface area contributed by atoms with Crippen LogP contribution in [0.5, 0.6) is 0 Å². The normalized spacial score (nSPS) is 20.6. The Bertz CT molecular complexity index is 3590. The van der Waals surface area contributed by atoms with Gasteiger partial charge in [0, 0.05) is 0 Å². The van der Waals surface area contributed by atoms with E-state index in [2.05, 4.69) is 0 Å². The van der Waals surface area contributed by atoms with Gasteiger partial charge in [-0.05, 0) is 88.6 Å². The fraction of sp³-hybridized carbons (Fsp3) is 0. The summed E-state index contributed by atoms with van der Waals surface area (Å²) in [7, 11) is 0. The zero-order valence-corrected chi connectivity index (χ0v) is 20.0. The van der Waals surface area contributed by atoms with Gasteiger partial charge in [-0.15, -0.1) is 0 Å². The summed E-state index contributed by atoms with van der Waals surface area (Å²) in [6, 6.07) is -24.4. The Kier molecular flexibility index (Phi) is 1.99. The van der Waals surface area contributed by atoms with Crippen LogP contribution in [-0.2, 0) is 0 Å². The van der Waals surface area contributed by atoms with Crippen molar-refractivity contribution in [1.29, 1.82) is 0 Å². The van der Waals surface area contributed by atoms with Gasteiger partial charge in [-0.1, -0.05) is 145 Å². The van der Waals surface area contributed by atoms with E-state index in [0.29, 0.717) is 0 Å². The summed E-state index contributed by atoms with van der Waals surface area (Å²) in [5.74, 6) is 0. The molecule has 8 aromatic rings. The first-order chi connectivity index (χ1) is 30.7. The van der Waals surface area contributed by atoms with Crippen LogP contribution in [0.15, 0.2) is 157 Å². The summed E-state index contributed by atoms with van der Waals surface area (Å²) < 4.78 is 231. The molecule has 0 nitrogen and oxygen atoms in total. The fourth-order valence-corrected chi connectivity index (χ4v) is 4.62. The summed E-state index contributed by atoms with van der Waals surface area (Å²) in [6.07, 6.45) is 0. The molecule has 8 aromatic carbocycles. The fourth-order valence-electron chi connectivity index (χ4n) is 4.62. The maximum atomic E-state index is 9.86. The predicted molar refractivity (Wildman–Crippen MR) is 173 cm³/mol. The van der Waals surface area contributed by atoms with Crippen molar-refractivity contribution < 1.29 is 35.6 Å². The Labute approximate surface area is 270 Å². The first kappa shape index (κ1) is 8.65. The maximum Gasteiger partial charge on any atom is 0.0636 e. The Morgan fingerprint density at radius 1 is 0.275 bits per heavy atom. The quantitative estimate of drug-likeness (QED) is 0.157. The van der Waals surface area contributed by atoms with Gasteiger partial charge in [0.25, 0.3) is 0 Å². The first-order valence-electron chi connectivity index (χ1n) is 24.8. The molecule has 40 heavy (non-hydrogen) atoms. The van der Waals surface area contributed by atoms with Crippen molar-refractivity contribution in [2.75, 3.05) is 0 Å². The highest BCUT2D eigenvalue weighted by molar-refractivity contribution is 6.22. The lowest BCUT2D eigenvalue weighted by atomic mass is 9.84. The minimum absolute atomic E-state index is 0.513. The summed E-state index contributed by atoms with van der Waals surface area (Å²) >= 11 is 0. The third-order valence-electron chi connectivity index (χ3n) is 6.31. The van der Waals surface area contributed by atoms with E-state index in [0.717, 1.165) is 0 Å². The molecule has 0 radical (unpaired) electrons. The lowest BCUT2D eigenvalue weighted by molar-refractivity contribution is 1.63. The number of fused-ring (bicyclic) bond motifs is 5. The van der Waals surface area contributed by atoms with Crippen molar-refractivity contribution in [3.63, 3.8) is 0 Å². The minimum atomic E-state index is -1.05. The van der Waals surface area contributed by atoms with E-state index in [4.69, 9.17) is 24.7 Å². The summed E-state index contributed by atoms with van der Waals surface area (Å²) in [5, 5.41) is -5.32. The van der Waals surface area contributed by atoms with Crippen molar-refractivity contribution >= 4 is 43.1 Å². The van der Waals surface area contributed by atoms with Crippen molar-refractivity contribution in [2.45, 2.75) is 0 Å². The van der Waals surface area contributed by atoms with Crippen LogP contribution in [0, 0.1) is 0 Å². The second kappa shape index (κ2) is 9.22. The number of hydrogen-bond acceptors (Lipinski definition) is 0. The van der Waals surface area contributed by atoms with Gasteiger partial charge in [0.15, 0.2) is 0 Å². The summed E-state index contributed by atoms with van der Waals surface area (Å²) in [5.41, 5.74) is -4.79. The monoisotopic (exact) mass is 532 g/mol. The summed E-state index contributed by atoms with van der Waals surface area (Å²) in [6.45, 7) is 0. The zero-order chi connectivity index (χ0) is 49.1. The average molecular weight is 533 g/mol. The molecule has 186 valence electrons. The molecule has 0 N–H and O–H groups in total. The molecule has 0 aromatic heterocycles. The molecular formula is C40H26. The van der Waals surface area contributed by atoms with E-state index in [1.54, 1.807) is 0 Å². The largest absolute Gasteiger partial charge is 0.0636 e. The molecule has 0 heteroatoms. The van der Waals surface area contributed by atoms with Crippen LogP contribution in [0.25, 0.3) is 76.5 Å². The van der Waals surface area contributed by atoms with Crippen molar-refractivity contribution in [2.24, 2.45) is 0 Å². The molecule has 0 heterocycles. The molecule has 0 fully saturated rings. The van der Waals surface area contributed by atoms with E-state index in [1.807, 2.05) is 0 Å². The van der Waals surface area contributed by atoms with E-state index >= 15 is 0 Å². The van der Waals surface area contributed by atoms with Crippen molar-refractivity contribution in [3.8, 4) is 33.4 Å². The second-order valence-electron chi connectivity index (χ2n) is 8.50. The summed E-state index contributed by atoms with van der Waals surface area (Å²) in [4.78, 5) is 0. The smallest absolute Gasteiger partial charge is 0.0622 e. The molecular weight excluding hydrogens is 480 g/mol. The van der Waals surface area contributed by atoms with Crippen LogP contribution in [0.3, 0.4) is 0 Å². The van der Waals surface area contributed by atoms with Gasteiger partial charge in [0.1, 0.15) is 0 Å². The molecule has 0 aliphatic heterocycles. The maximum absolute atomic E-state index is 9.86. The van der Waals surface area contributed by atoms with E-state index in [9.17, 15) is 11.0 Å². The van der Waals surface area contributed by atoms with Gasteiger partial charge >= 0.3 is 0 Å². The lowest BCUT2D eigenvalue weighted by Crippen LogP contribution is -1.92.